The van der Waals surface area contributed by atoms with Gasteiger partial charge in [0.1, 0.15) is 0 Å². The molecule has 0 aromatic carbocycles. The van der Waals surface area contributed by atoms with E-state index in [0.29, 0.717) is 12.5 Å². The molecule has 0 spiro atoms. The Morgan fingerprint density at radius 3 is 2.56 bits per heavy atom. The second kappa shape index (κ2) is 6.86. The lowest BCUT2D eigenvalue weighted by molar-refractivity contribution is -0.141. The first-order chi connectivity index (χ1) is 7.67. The van der Waals surface area contributed by atoms with Gasteiger partial charge in [0.05, 0.1) is 13.5 Å². The van der Waals surface area contributed by atoms with Crippen LogP contribution in [0.3, 0.4) is 0 Å². The van der Waals surface area contributed by atoms with Crippen molar-refractivity contribution in [2.75, 3.05) is 40.3 Å². The molecule has 16 heavy (non-hydrogen) atoms. The van der Waals surface area contributed by atoms with E-state index in [9.17, 15) is 4.79 Å². The Labute approximate surface area is 98.5 Å². The highest BCUT2D eigenvalue weighted by Gasteiger charge is 2.21. The number of hydrogen-bond acceptors (Lipinski definition) is 4. The molecule has 0 amide bonds. The van der Waals surface area contributed by atoms with E-state index in [4.69, 9.17) is 0 Å². The molecule has 1 aliphatic rings. The van der Waals surface area contributed by atoms with Gasteiger partial charge in [0.2, 0.25) is 0 Å². The zero-order valence-corrected chi connectivity index (χ0v) is 10.7. The lowest BCUT2D eigenvalue weighted by atomic mass is 10.0. The third kappa shape index (κ3) is 4.10. The summed E-state index contributed by atoms with van der Waals surface area (Å²) < 4.78 is 4.65. The summed E-state index contributed by atoms with van der Waals surface area (Å²) in [4.78, 5) is 15.8. The van der Waals surface area contributed by atoms with Gasteiger partial charge in [-0.05, 0) is 39.5 Å². The monoisotopic (exact) mass is 228 g/mol. The van der Waals surface area contributed by atoms with Gasteiger partial charge in [0.25, 0.3) is 0 Å². The fraction of sp³-hybridized carbons (Fsp3) is 0.917. The van der Waals surface area contributed by atoms with Gasteiger partial charge < -0.3 is 14.5 Å². The Bertz CT molecular complexity index is 213. The molecule has 94 valence electrons. The Kier molecular flexibility index (Phi) is 5.77. The second-order valence-electron chi connectivity index (χ2n) is 4.47. The molecule has 0 aromatic rings. The molecule has 0 aliphatic carbocycles. The largest absolute Gasteiger partial charge is 0.469 e. The fourth-order valence-corrected chi connectivity index (χ4v) is 2.23. The Morgan fingerprint density at radius 1 is 1.44 bits per heavy atom. The first-order valence-corrected chi connectivity index (χ1v) is 6.16. The summed E-state index contributed by atoms with van der Waals surface area (Å²) in [7, 11) is 3.55. The quantitative estimate of drug-likeness (QED) is 0.656. The fourth-order valence-electron chi connectivity index (χ4n) is 2.23. The van der Waals surface area contributed by atoms with Crippen LogP contribution >= 0.6 is 0 Å². The summed E-state index contributed by atoms with van der Waals surface area (Å²) in [6.45, 7) is 6.54. The van der Waals surface area contributed by atoms with Crippen molar-refractivity contribution in [2.45, 2.75) is 32.2 Å². The summed E-state index contributed by atoms with van der Waals surface area (Å²) in [5, 5.41) is 0. The molecule has 0 aromatic heterocycles. The predicted molar refractivity (Wildman–Crippen MR) is 64.4 cm³/mol. The van der Waals surface area contributed by atoms with Crippen LogP contribution < -0.4 is 0 Å². The van der Waals surface area contributed by atoms with Crippen molar-refractivity contribution in [3.05, 3.63) is 0 Å². The molecule has 1 aliphatic heterocycles. The van der Waals surface area contributed by atoms with E-state index in [1.807, 2.05) is 0 Å². The minimum Gasteiger partial charge on any atom is -0.469 e. The van der Waals surface area contributed by atoms with E-state index in [1.54, 1.807) is 0 Å². The number of methoxy groups -OCH3 is 1. The Morgan fingerprint density at radius 2 is 2.06 bits per heavy atom. The number of likely N-dealkylation sites (tertiary alicyclic amines) is 1. The molecule has 1 rings (SSSR count). The number of rotatable bonds is 5. The van der Waals surface area contributed by atoms with Crippen LogP contribution in [0.5, 0.6) is 0 Å². The van der Waals surface area contributed by atoms with Crippen LogP contribution in [-0.4, -0.2) is 62.1 Å². The summed E-state index contributed by atoms with van der Waals surface area (Å²) >= 11 is 0. The van der Waals surface area contributed by atoms with Gasteiger partial charge in [-0.3, -0.25) is 4.79 Å². The summed E-state index contributed by atoms with van der Waals surface area (Å²) in [6, 6.07) is 0.632. The van der Waals surface area contributed by atoms with E-state index in [-0.39, 0.29) is 5.97 Å². The molecule has 0 radical (unpaired) electrons. The average Bonchev–Trinajstić information content (AvgIpc) is 2.35. The van der Waals surface area contributed by atoms with Gasteiger partial charge >= 0.3 is 5.97 Å². The summed E-state index contributed by atoms with van der Waals surface area (Å²) in [5.41, 5.74) is 0. The van der Waals surface area contributed by atoms with Crippen LogP contribution in [0, 0.1) is 0 Å². The number of hydrogen-bond donors (Lipinski definition) is 0. The van der Waals surface area contributed by atoms with Gasteiger partial charge in [-0.25, -0.2) is 0 Å². The number of ether oxygens (including phenoxy) is 1. The maximum atomic E-state index is 11.0. The Balaban J connectivity index is 2.22. The molecule has 1 heterocycles. The molecule has 0 bridgehead atoms. The average molecular weight is 228 g/mol. The maximum Gasteiger partial charge on any atom is 0.306 e. The van der Waals surface area contributed by atoms with Gasteiger partial charge in [-0.1, -0.05) is 6.92 Å². The highest BCUT2D eigenvalue weighted by Crippen LogP contribution is 2.15. The molecule has 1 saturated heterocycles. The van der Waals surface area contributed by atoms with Crippen molar-refractivity contribution in [1.82, 2.24) is 9.80 Å². The van der Waals surface area contributed by atoms with Crippen LogP contribution in [0.2, 0.25) is 0 Å². The minimum absolute atomic E-state index is 0.113. The number of carbonyl (C=O) groups excluding carboxylic acids is 1. The lowest BCUT2D eigenvalue weighted by Crippen LogP contribution is -2.43. The topological polar surface area (TPSA) is 32.8 Å². The molecule has 4 nitrogen and oxygen atoms in total. The first kappa shape index (κ1) is 13.5. The van der Waals surface area contributed by atoms with E-state index in [2.05, 4.69) is 28.5 Å². The second-order valence-corrected chi connectivity index (χ2v) is 4.47. The van der Waals surface area contributed by atoms with Crippen LogP contribution in [0.1, 0.15) is 26.2 Å². The smallest absolute Gasteiger partial charge is 0.306 e. The summed E-state index contributed by atoms with van der Waals surface area (Å²) in [6.07, 6.45) is 2.93. The molecular weight excluding hydrogens is 204 g/mol. The third-order valence-corrected chi connectivity index (χ3v) is 3.52. The van der Waals surface area contributed by atoms with Crippen molar-refractivity contribution in [2.24, 2.45) is 0 Å². The molecular formula is C12H24N2O2. The van der Waals surface area contributed by atoms with E-state index >= 15 is 0 Å². The van der Waals surface area contributed by atoms with Crippen molar-refractivity contribution in [3.63, 3.8) is 0 Å². The zero-order chi connectivity index (χ0) is 12.0. The highest BCUT2D eigenvalue weighted by molar-refractivity contribution is 5.69. The number of carbonyl (C=O) groups is 1. The van der Waals surface area contributed by atoms with Crippen molar-refractivity contribution < 1.29 is 9.53 Å². The standard InChI is InChI=1S/C12H24N2O2/c1-4-14-9-5-11(6-10-14)13(2)8-7-12(15)16-3/h11H,4-10H2,1-3H3. The third-order valence-electron chi connectivity index (χ3n) is 3.52. The van der Waals surface area contributed by atoms with Crippen LogP contribution in [0.25, 0.3) is 0 Å². The van der Waals surface area contributed by atoms with Crippen LogP contribution in [-0.2, 0) is 9.53 Å². The highest BCUT2D eigenvalue weighted by atomic mass is 16.5. The number of esters is 1. The van der Waals surface area contributed by atoms with Crippen molar-refractivity contribution in [3.8, 4) is 0 Å². The van der Waals surface area contributed by atoms with E-state index in [1.165, 1.54) is 33.0 Å². The zero-order valence-electron chi connectivity index (χ0n) is 10.7. The van der Waals surface area contributed by atoms with E-state index in [0.717, 1.165) is 13.1 Å². The van der Waals surface area contributed by atoms with Crippen LogP contribution in [0.15, 0.2) is 0 Å². The number of piperidine rings is 1. The van der Waals surface area contributed by atoms with Gasteiger partial charge in [-0.2, -0.15) is 0 Å². The molecule has 0 N–H and O–H groups in total. The van der Waals surface area contributed by atoms with Crippen molar-refractivity contribution >= 4 is 5.97 Å². The molecule has 0 unspecified atom stereocenters. The Hall–Kier alpha value is -0.610. The van der Waals surface area contributed by atoms with E-state index < -0.39 is 0 Å². The lowest BCUT2D eigenvalue weighted by Gasteiger charge is -2.36. The van der Waals surface area contributed by atoms with Gasteiger partial charge in [0, 0.05) is 12.6 Å². The van der Waals surface area contributed by atoms with Crippen molar-refractivity contribution in [1.29, 1.82) is 0 Å². The molecule has 0 saturated carbocycles. The minimum atomic E-state index is -0.113. The van der Waals surface area contributed by atoms with Gasteiger partial charge in [-0.15, -0.1) is 0 Å². The van der Waals surface area contributed by atoms with Crippen LogP contribution in [0.4, 0.5) is 0 Å². The molecule has 4 heteroatoms. The maximum absolute atomic E-state index is 11.0. The van der Waals surface area contributed by atoms with Gasteiger partial charge in [0.15, 0.2) is 0 Å². The molecule has 0 atom stereocenters. The molecule has 1 fully saturated rings. The first-order valence-electron chi connectivity index (χ1n) is 6.16. The predicted octanol–water partition coefficient (Wildman–Crippen LogP) is 0.966. The SMILES string of the molecule is CCN1CCC(N(C)CCC(=O)OC)CC1. The number of nitrogens with zero attached hydrogens (tertiary/aromatic N) is 2. The summed E-state index contributed by atoms with van der Waals surface area (Å²) in [5.74, 6) is -0.113. The normalized spacial score (nSPS) is 19.0.